The van der Waals surface area contributed by atoms with Crippen molar-refractivity contribution in [2.24, 2.45) is 11.3 Å². The van der Waals surface area contributed by atoms with Crippen LogP contribution >= 0.6 is 11.6 Å². The molecule has 1 heterocycles. The van der Waals surface area contributed by atoms with Crippen molar-refractivity contribution >= 4 is 23.7 Å². The van der Waals surface area contributed by atoms with Gasteiger partial charge in [-0.3, -0.25) is 4.79 Å². The first-order chi connectivity index (χ1) is 9.40. The minimum atomic E-state index is 0.305. The van der Waals surface area contributed by atoms with Crippen LogP contribution in [0.25, 0.3) is 0 Å². The summed E-state index contributed by atoms with van der Waals surface area (Å²) in [6.07, 6.45) is 1.88. The van der Waals surface area contributed by atoms with Gasteiger partial charge in [0.25, 0.3) is 0 Å². The first-order valence-electron chi connectivity index (χ1n) is 7.11. The molecule has 2 unspecified atom stereocenters. The monoisotopic (exact) mass is 294 g/mol. The number of halogens is 1. The Morgan fingerprint density at radius 3 is 2.80 bits per heavy atom. The number of carbonyl (C=O) groups is 1. The molecule has 0 saturated carbocycles. The first-order valence-corrected chi connectivity index (χ1v) is 7.49. The van der Waals surface area contributed by atoms with Crippen molar-refractivity contribution in [3.63, 3.8) is 0 Å². The van der Waals surface area contributed by atoms with Crippen LogP contribution in [0.3, 0.4) is 0 Å². The lowest BCUT2D eigenvalue weighted by atomic mass is 9.77. The molecule has 3 nitrogen and oxygen atoms in total. The maximum atomic E-state index is 10.8. The minimum absolute atomic E-state index is 0.305. The second-order valence-corrected chi connectivity index (χ2v) is 7.22. The van der Waals surface area contributed by atoms with E-state index in [2.05, 4.69) is 31.4 Å². The minimum Gasteiger partial charge on any atom is -0.328 e. The number of amides is 1. The molecule has 0 radical (unpaired) electrons. The molecule has 0 aromatic heterocycles. The standard InChI is InChI=1S/C16H23ClN2O/c1-16(2,3)7-11-8-18-9-14(11)13-5-4-12(17)6-15(13)19-10-20/h4-6,10-11,14,18H,7-9H2,1-3H3,(H,19,20). The van der Waals surface area contributed by atoms with Crippen LogP contribution in [0.1, 0.15) is 38.7 Å². The van der Waals surface area contributed by atoms with E-state index < -0.39 is 0 Å². The number of rotatable bonds is 4. The van der Waals surface area contributed by atoms with Crippen LogP contribution in [-0.2, 0) is 4.79 Å². The molecule has 1 aliphatic heterocycles. The highest BCUT2D eigenvalue weighted by atomic mass is 35.5. The molecule has 1 fully saturated rings. The summed E-state index contributed by atoms with van der Waals surface area (Å²) in [4.78, 5) is 10.8. The van der Waals surface area contributed by atoms with Gasteiger partial charge in [0.15, 0.2) is 0 Å². The zero-order valence-corrected chi connectivity index (χ0v) is 13.1. The maximum absolute atomic E-state index is 10.8. The van der Waals surface area contributed by atoms with Crippen molar-refractivity contribution in [1.29, 1.82) is 0 Å². The Bertz CT molecular complexity index is 482. The number of carbonyl (C=O) groups excluding carboxylic acids is 1. The molecule has 0 bridgehead atoms. The fraction of sp³-hybridized carbons (Fsp3) is 0.562. The molecule has 1 aromatic rings. The Hall–Kier alpha value is -1.06. The lowest BCUT2D eigenvalue weighted by molar-refractivity contribution is -0.105. The Balaban J connectivity index is 2.27. The Kier molecular flexibility index (Phi) is 4.71. The molecule has 0 aliphatic carbocycles. The fourth-order valence-corrected chi connectivity index (χ4v) is 3.31. The lowest BCUT2D eigenvalue weighted by Gasteiger charge is -2.28. The first kappa shape index (κ1) is 15.3. The predicted octanol–water partition coefficient (Wildman–Crippen LogP) is 3.65. The molecule has 0 spiro atoms. The third kappa shape index (κ3) is 3.74. The zero-order chi connectivity index (χ0) is 14.8. The molecular formula is C16H23ClN2O. The van der Waals surface area contributed by atoms with E-state index in [1.54, 1.807) is 0 Å². The third-order valence-electron chi connectivity index (χ3n) is 3.84. The van der Waals surface area contributed by atoms with Gasteiger partial charge in [-0.2, -0.15) is 0 Å². The molecule has 20 heavy (non-hydrogen) atoms. The van der Waals surface area contributed by atoms with Crippen molar-refractivity contribution in [2.75, 3.05) is 18.4 Å². The van der Waals surface area contributed by atoms with Crippen LogP contribution in [0, 0.1) is 11.3 Å². The van der Waals surface area contributed by atoms with Crippen LogP contribution in [0.5, 0.6) is 0 Å². The summed E-state index contributed by atoms with van der Waals surface area (Å²) < 4.78 is 0. The van der Waals surface area contributed by atoms with Gasteiger partial charge in [-0.15, -0.1) is 0 Å². The van der Waals surface area contributed by atoms with Crippen LogP contribution in [-0.4, -0.2) is 19.5 Å². The lowest BCUT2D eigenvalue weighted by Crippen LogP contribution is -2.19. The van der Waals surface area contributed by atoms with Gasteiger partial charge < -0.3 is 10.6 Å². The van der Waals surface area contributed by atoms with Gasteiger partial charge in [-0.05, 0) is 42.0 Å². The van der Waals surface area contributed by atoms with Crippen LogP contribution in [0.2, 0.25) is 5.02 Å². The molecule has 1 aliphatic rings. The molecule has 2 rings (SSSR count). The van der Waals surface area contributed by atoms with E-state index >= 15 is 0 Å². The van der Waals surface area contributed by atoms with Gasteiger partial charge in [0.2, 0.25) is 6.41 Å². The van der Waals surface area contributed by atoms with Crippen molar-refractivity contribution in [2.45, 2.75) is 33.1 Å². The number of hydrogen-bond acceptors (Lipinski definition) is 2. The van der Waals surface area contributed by atoms with E-state index in [0.717, 1.165) is 31.6 Å². The van der Waals surface area contributed by atoms with E-state index in [4.69, 9.17) is 11.6 Å². The summed E-state index contributed by atoms with van der Waals surface area (Å²) in [6, 6.07) is 5.78. The zero-order valence-electron chi connectivity index (χ0n) is 12.4. The summed E-state index contributed by atoms with van der Waals surface area (Å²) in [6.45, 7) is 8.81. The summed E-state index contributed by atoms with van der Waals surface area (Å²) in [7, 11) is 0. The highest BCUT2D eigenvalue weighted by molar-refractivity contribution is 6.30. The number of benzene rings is 1. The van der Waals surface area contributed by atoms with Gasteiger partial charge in [-0.1, -0.05) is 38.4 Å². The Morgan fingerprint density at radius 2 is 2.15 bits per heavy atom. The normalized spacial score (nSPS) is 22.8. The average molecular weight is 295 g/mol. The number of hydrogen-bond donors (Lipinski definition) is 2. The molecule has 110 valence electrons. The topological polar surface area (TPSA) is 41.1 Å². The number of anilines is 1. The van der Waals surface area contributed by atoms with Gasteiger partial charge in [0.05, 0.1) is 0 Å². The summed E-state index contributed by atoms with van der Waals surface area (Å²) in [5.74, 6) is 1.01. The van der Waals surface area contributed by atoms with Crippen molar-refractivity contribution in [3.05, 3.63) is 28.8 Å². The third-order valence-corrected chi connectivity index (χ3v) is 4.08. The molecule has 1 saturated heterocycles. The van der Waals surface area contributed by atoms with E-state index in [-0.39, 0.29) is 0 Å². The van der Waals surface area contributed by atoms with Crippen LogP contribution in [0.15, 0.2) is 18.2 Å². The maximum Gasteiger partial charge on any atom is 0.211 e. The van der Waals surface area contributed by atoms with Gasteiger partial charge >= 0.3 is 0 Å². The highest BCUT2D eigenvalue weighted by Crippen LogP contribution is 2.39. The van der Waals surface area contributed by atoms with E-state index in [9.17, 15) is 4.79 Å². The molecule has 1 amide bonds. The van der Waals surface area contributed by atoms with E-state index in [1.165, 1.54) is 5.56 Å². The molecule has 4 heteroatoms. The summed E-state index contributed by atoms with van der Waals surface area (Å²) in [5, 5.41) is 6.91. The molecule has 2 atom stereocenters. The summed E-state index contributed by atoms with van der Waals surface area (Å²) >= 11 is 6.03. The van der Waals surface area contributed by atoms with Crippen LogP contribution < -0.4 is 10.6 Å². The van der Waals surface area contributed by atoms with Crippen molar-refractivity contribution in [3.8, 4) is 0 Å². The number of nitrogens with one attached hydrogen (secondary N) is 2. The van der Waals surface area contributed by atoms with Gasteiger partial charge in [-0.25, -0.2) is 0 Å². The van der Waals surface area contributed by atoms with Crippen molar-refractivity contribution < 1.29 is 4.79 Å². The Morgan fingerprint density at radius 1 is 1.40 bits per heavy atom. The average Bonchev–Trinajstić information content (AvgIpc) is 2.75. The highest BCUT2D eigenvalue weighted by Gasteiger charge is 2.32. The largest absolute Gasteiger partial charge is 0.328 e. The van der Waals surface area contributed by atoms with Gasteiger partial charge in [0.1, 0.15) is 0 Å². The molecule has 2 N–H and O–H groups in total. The smallest absolute Gasteiger partial charge is 0.211 e. The van der Waals surface area contributed by atoms with Gasteiger partial charge in [0, 0.05) is 23.2 Å². The van der Waals surface area contributed by atoms with E-state index in [0.29, 0.717) is 22.3 Å². The van der Waals surface area contributed by atoms with E-state index in [1.807, 2.05) is 18.2 Å². The second-order valence-electron chi connectivity index (χ2n) is 6.78. The summed E-state index contributed by atoms with van der Waals surface area (Å²) in [5.41, 5.74) is 2.32. The van der Waals surface area contributed by atoms with Crippen molar-refractivity contribution in [1.82, 2.24) is 5.32 Å². The second kappa shape index (κ2) is 6.15. The molecule has 1 aromatic carbocycles. The predicted molar refractivity (Wildman–Crippen MR) is 84.3 cm³/mol. The quantitative estimate of drug-likeness (QED) is 0.832. The molecular weight excluding hydrogens is 272 g/mol. The SMILES string of the molecule is CC(C)(C)CC1CNCC1c1ccc(Cl)cc1NC=O. The van der Waals surface area contributed by atoms with Crippen LogP contribution in [0.4, 0.5) is 5.69 Å². The fourth-order valence-electron chi connectivity index (χ4n) is 3.14. The Labute approximate surface area is 126 Å².